The maximum absolute atomic E-state index is 11.6. The van der Waals surface area contributed by atoms with Gasteiger partial charge < -0.3 is 0 Å². The summed E-state index contributed by atoms with van der Waals surface area (Å²) in [7, 11) is 0. The van der Waals surface area contributed by atoms with Crippen LogP contribution in [0.15, 0.2) is 39.6 Å². The van der Waals surface area contributed by atoms with Crippen molar-refractivity contribution in [3.05, 3.63) is 56.4 Å². The molecule has 0 aliphatic carbocycles. The molecule has 0 bridgehead atoms. The molecule has 0 aliphatic rings. The van der Waals surface area contributed by atoms with Crippen LogP contribution in [0.2, 0.25) is 0 Å². The lowest BCUT2D eigenvalue weighted by Gasteiger charge is -2.10. The molecule has 0 radical (unpaired) electrons. The third-order valence-corrected chi connectivity index (χ3v) is 3.03. The fourth-order valence-corrected chi connectivity index (χ4v) is 1.89. The van der Waals surface area contributed by atoms with E-state index in [2.05, 4.69) is 21.0 Å². The number of hydrogen-bond donors (Lipinski definition) is 0. The molecule has 1 aromatic heterocycles. The van der Waals surface area contributed by atoms with Crippen molar-refractivity contribution < 1.29 is 0 Å². The average molecular weight is 304 g/mol. The summed E-state index contributed by atoms with van der Waals surface area (Å²) < 4.78 is 2.64. The van der Waals surface area contributed by atoms with Crippen molar-refractivity contribution in [1.29, 1.82) is 5.26 Å². The van der Waals surface area contributed by atoms with Crippen molar-refractivity contribution in [1.82, 2.24) is 9.78 Å². The molecular weight excluding hydrogens is 294 g/mol. The van der Waals surface area contributed by atoms with Gasteiger partial charge in [-0.25, -0.2) is 4.68 Å². The molecule has 90 valence electrons. The van der Waals surface area contributed by atoms with E-state index in [4.69, 9.17) is 5.26 Å². The Morgan fingerprint density at radius 1 is 1.39 bits per heavy atom. The number of nitriles is 1. The molecule has 0 N–H and O–H groups in total. The molecule has 0 fully saturated rings. The summed E-state index contributed by atoms with van der Waals surface area (Å²) in [5.41, 5.74) is 1.67. The van der Waals surface area contributed by atoms with Crippen molar-refractivity contribution >= 4 is 15.9 Å². The van der Waals surface area contributed by atoms with Gasteiger partial charge in [-0.15, -0.1) is 0 Å². The van der Waals surface area contributed by atoms with Gasteiger partial charge in [0.25, 0.3) is 0 Å². The van der Waals surface area contributed by atoms with Crippen molar-refractivity contribution in [3.8, 4) is 11.8 Å². The Kier molecular flexibility index (Phi) is 3.58. The third-order valence-electron chi connectivity index (χ3n) is 2.50. The molecule has 5 heteroatoms. The second-order valence-corrected chi connectivity index (χ2v) is 4.74. The molecule has 0 atom stereocenters. The third kappa shape index (κ3) is 2.49. The Morgan fingerprint density at radius 2 is 2.06 bits per heavy atom. The second-order valence-electron chi connectivity index (χ2n) is 3.82. The van der Waals surface area contributed by atoms with Gasteiger partial charge in [-0.1, -0.05) is 15.9 Å². The summed E-state index contributed by atoms with van der Waals surface area (Å²) in [6, 6.07) is 11.0. The number of aromatic nitrogens is 2. The van der Waals surface area contributed by atoms with E-state index in [-0.39, 0.29) is 17.5 Å². The summed E-state index contributed by atoms with van der Waals surface area (Å²) >= 11 is 3.36. The van der Waals surface area contributed by atoms with E-state index >= 15 is 0 Å². The van der Waals surface area contributed by atoms with E-state index in [9.17, 15) is 4.79 Å². The SMILES string of the molecule is Cc1cc(=O)c(CC#N)nn1-c1ccc(Br)cc1. The summed E-state index contributed by atoms with van der Waals surface area (Å²) in [6.45, 7) is 1.81. The van der Waals surface area contributed by atoms with Crippen LogP contribution in [0.4, 0.5) is 0 Å². The zero-order valence-electron chi connectivity index (χ0n) is 9.72. The maximum atomic E-state index is 11.6. The van der Waals surface area contributed by atoms with Crippen molar-refractivity contribution in [2.75, 3.05) is 0 Å². The van der Waals surface area contributed by atoms with E-state index in [0.29, 0.717) is 0 Å². The van der Waals surface area contributed by atoms with Crippen LogP contribution in [0.25, 0.3) is 5.69 Å². The first-order valence-electron chi connectivity index (χ1n) is 5.34. The molecule has 1 heterocycles. The Balaban J connectivity index is 2.57. The predicted octanol–water partition coefficient (Wildman–Crippen LogP) is 2.37. The Bertz CT molecular complexity index is 668. The van der Waals surface area contributed by atoms with Crippen molar-refractivity contribution in [2.45, 2.75) is 13.3 Å². The minimum Gasteiger partial charge on any atom is -0.288 e. The highest BCUT2D eigenvalue weighted by Gasteiger charge is 2.07. The molecule has 0 saturated carbocycles. The zero-order chi connectivity index (χ0) is 13.1. The van der Waals surface area contributed by atoms with Gasteiger partial charge >= 0.3 is 0 Å². The van der Waals surface area contributed by atoms with Crippen molar-refractivity contribution in [3.63, 3.8) is 0 Å². The van der Waals surface area contributed by atoms with Gasteiger partial charge in [0.2, 0.25) is 5.43 Å². The highest BCUT2D eigenvalue weighted by atomic mass is 79.9. The van der Waals surface area contributed by atoms with Gasteiger partial charge in [-0.05, 0) is 31.2 Å². The Hall–Kier alpha value is -1.93. The van der Waals surface area contributed by atoms with Crippen molar-refractivity contribution in [2.24, 2.45) is 0 Å². The highest BCUT2D eigenvalue weighted by molar-refractivity contribution is 9.10. The molecule has 18 heavy (non-hydrogen) atoms. The van der Waals surface area contributed by atoms with E-state index in [1.807, 2.05) is 37.3 Å². The fraction of sp³-hybridized carbons (Fsp3) is 0.154. The first kappa shape index (κ1) is 12.5. The van der Waals surface area contributed by atoms with E-state index in [0.717, 1.165) is 15.9 Å². The fourth-order valence-electron chi connectivity index (χ4n) is 1.62. The summed E-state index contributed by atoms with van der Waals surface area (Å²) in [5.74, 6) is 0. The lowest BCUT2D eigenvalue weighted by atomic mass is 10.2. The topological polar surface area (TPSA) is 58.7 Å². The van der Waals surface area contributed by atoms with Gasteiger partial charge in [-0.3, -0.25) is 4.79 Å². The van der Waals surface area contributed by atoms with E-state index in [1.165, 1.54) is 6.07 Å². The summed E-state index contributed by atoms with van der Waals surface area (Å²) in [6.07, 6.45) is 0.0235. The lowest BCUT2D eigenvalue weighted by molar-refractivity contribution is 0.767. The van der Waals surface area contributed by atoms with Crippen LogP contribution in [0.5, 0.6) is 0 Å². The monoisotopic (exact) mass is 303 g/mol. The highest BCUT2D eigenvalue weighted by Crippen LogP contribution is 2.14. The largest absolute Gasteiger partial charge is 0.288 e. The van der Waals surface area contributed by atoms with Crippen LogP contribution in [-0.4, -0.2) is 9.78 Å². The van der Waals surface area contributed by atoms with Crippen LogP contribution in [0, 0.1) is 18.3 Å². The van der Waals surface area contributed by atoms with Crippen LogP contribution in [0.3, 0.4) is 0 Å². The van der Waals surface area contributed by atoms with Gasteiger partial charge in [0.1, 0.15) is 5.69 Å². The molecule has 0 spiro atoms. The zero-order valence-corrected chi connectivity index (χ0v) is 11.3. The minimum atomic E-state index is -0.192. The predicted molar refractivity (Wildman–Crippen MR) is 71.6 cm³/mol. The molecule has 2 aromatic rings. The number of hydrogen-bond acceptors (Lipinski definition) is 3. The standard InChI is InChI=1S/C13H10BrN3O/c1-9-8-13(18)12(6-7-15)16-17(9)11-4-2-10(14)3-5-11/h2-5,8H,6H2,1H3. The Morgan fingerprint density at radius 3 is 2.67 bits per heavy atom. The molecule has 0 saturated heterocycles. The molecule has 0 amide bonds. The average Bonchev–Trinajstić information content (AvgIpc) is 2.34. The molecule has 0 aliphatic heterocycles. The molecule has 0 unspecified atom stereocenters. The molecule has 2 rings (SSSR count). The normalized spacial score (nSPS) is 10.1. The van der Waals surface area contributed by atoms with Gasteiger partial charge in [0, 0.05) is 16.2 Å². The van der Waals surface area contributed by atoms with Crippen LogP contribution < -0.4 is 5.43 Å². The van der Waals surface area contributed by atoms with Gasteiger partial charge in [0.15, 0.2) is 0 Å². The molecular formula is C13H10BrN3O. The first-order valence-corrected chi connectivity index (χ1v) is 6.14. The number of aryl methyl sites for hydroxylation is 1. The quantitative estimate of drug-likeness (QED) is 0.856. The van der Waals surface area contributed by atoms with Gasteiger partial charge in [-0.2, -0.15) is 10.4 Å². The number of rotatable bonds is 2. The lowest BCUT2D eigenvalue weighted by Crippen LogP contribution is -2.18. The summed E-state index contributed by atoms with van der Waals surface area (Å²) in [5, 5.41) is 12.9. The van der Waals surface area contributed by atoms with Crippen LogP contribution >= 0.6 is 15.9 Å². The van der Waals surface area contributed by atoms with Gasteiger partial charge in [0.05, 0.1) is 18.2 Å². The number of benzene rings is 1. The van der Waals surface area contributed by atoms with Crippen LogP contribution in [0.1, 0.15) is 11.4 Å². The summed E-state index contributed by atoms with van der Waals surface area (Å²) in [4.78, 5) is 11.6. The smallest absolute Gasteiger partial charge is 0.204 e. The number of halogens is 1. The second kappa shape index (κ2) is 5.15. The van der Waals surface area contributed by atoms with E-state index < -0.39 is 0 Å². The molecule has 1 aromatic carbocycles. The van der Waals surface area contributed by atoms with Crippen LogP contribution in [-0.2, 0) is 6.42 Å². The minimum absolute atomic E-state index is 0.0235. The maximum Gasteiger partial charge on any atom is 0.204 e. The first-order chi connectivity index (χ1) is 8.61. The van der Waals surface area contributed by atoms with E-state index in [1.54, 1.807) is 4.68 Å². The number of nitrogens with zero attached hydrogens (tertiary/aromatic N) is 3. The Labute approximate surface area is 113 Å². The molecule has 4 nitrogen and oxygen atoms in total.